The Morgan fingerprint density at radius 3 is 2.25 bits per heavy atom. The number of hydrogen-bond donors (Lipinski definition) is 2. The molecule has 1 aliphatic carbocycles. The van der Waals surface area contributed by atoms with Crippen LogP contribution in [0.1, 0.15) is 46.5 Å². The summed E-state index contributed by atoms with van der Waals surface area (Å²) in [4.78, 5) is 2.35. The summed E-state index contributed by atoms with van der Waals surface area (Å²) in [5.74, 6) is 0. The Hall–Kier alpha value is -0.120. The van der Waals surface area contributed by atoms with E-state index < -0.39 is 0 Å². The molecule has 3 nitrogen and oxygen atoms in total. The number of nitrogens with zero attached hydrogens (tertiary/aromatic N) is 1. The minimum atomic E-state index is -0.239. The zero-order valence-corrected chi connectivity index (χ0v) is 11.2. The molecule has 0 saturated heterocycles. The van der Waals surface area contributed by atoms with Gasteiger partial charge < -0.3 is 10.4 Å². The third-order valence-electron chi connectivity index (χ3n) is 4.11. The minimum absolute atomic E-state index is 0.239. The van der Waals surface area contributed by atoms with Crippen LogP contribution >= 0.6 is 0 Å². The predicted octanol–water partition coefficient (Wildman–Crippen LogP) is 1.61. The maximum Gasteiger partial charge on any atom is 0.0664 e. The van der Waals surface area contributed by atoms with Crippen molar-refractivity contribution in [3.63, 3.8) is 0 Å². The van der Waals surface area contributed by atoms with Crippen LogP contribution in [0.25, 0.3) is 0 Å². The molecule has 1 saturated carbocycles. The molecule has 0 spiro atoms. The summed E-state index contributed by atoms with van der Waals surface area (Å²) in [5.41, 5.74) is 0. The molecule has 96 valence electrons. The zero-order valence-electron chi connectivity index (χ0n) is 11.2. The van der Waals surface area contributed by atoms with E-state index in [0.29, 0.717) is 6.04 Å². The molecule has 0 aromatic heterocycles. The Bertz CT molecular complexity index is 188. The highest BCUT2D eigenvalue weighted by molar-refractivity contribution is 4.84. The molecule has 0 aromatic rings. The lowest BCUT2D eigenvalue weighted by Crippen LogP contribution is -2.47. The largest absolute Gasteiger partial charge is 0.392 e. The van der Waals surface area contributed by atoms with E-state index in [2.05, 4.69) is 31.1 Å². The molecule has 0 heterocycles. The van der Waals surface area contributed by atoms with Crippen molar-refractivity contribution in [3.8, 4) is 0 Å². The number of aliphatic hydroxyl groups excluding tert-OH is 1. The summed E-state index contributed by atoms with van der Waals surface area (Å²) in [7, 11) is 2.15. The average molecular weight is 228 g/mol. The van der Waals surface area contributed by atoms with Gasteiger partial charge in [0.05, 0.1) is 6.10 Å². The van der Waals surface area contributed by atoms with Crippen LogP contribution in [0.5, 0.6) is 0 Å². The summed E-state index contributed by atoms with van der Waals surface area (Å²) >= 11 is 0. The van der Waals surface area contributed by atoms with E-state index in [1.165, 1.54) is 25.7 Å². The highest BCUT2D eigenvalue weighted by atomic mass is 16.3. The standard InChI is InChI=1S/C13H28N2O/c1-5-14-12-6-8-13(9-7-12)15(4)10(2)11(3)16/h10-14,16H,5-9H2,1-4H3. The van der Waals surface area contributed by atoms with Crippen molar-refractivity contribution >= 4 is 0 Å². The molecule has 1 fully saturated rings. The van der Waals surface area contributed by atoms with Crippen LogP contribution < -0.4 is 5.32 Å². The van der Waals surface area contributed by atoms with Crippen molar-refractivity contribution in [2.45, 2.75) is 70.7 Å². The minimum Gasteiger partial charge on any atom is -0.392 e. The first-order valence-corrected chi connectivity index (χ1v) is 6.69. The Kier molecular flexibility index (Phi) is 5.73. The summed E-state index contributed by atoms with van der Waals surface area (Å²) in [6.45, 7) is 7.25. The van der Waals surface area contributed by atoms with Crippen LogP contribution in [0.3, 0.4) is 0 Å². The highest BCUT2D eigenvalue weighted by Gasteiger charge is 2.27. The third kappa shape index (κ3) is 3.72. The van der Waals surface area contributed by atoms with E-state index in [1.54, 1.807) is 0 Å². The SMILES string of the molecule is CCNC1CCC(N(C)C(C)C(C)O)CC1. The molecule has 2 atom stereocenters. The zero-order chi connectivity index (χ0) is 12.1. The molecule has 0 radical (unpaired) electrons. The molecule has 0 bridgehead atoms. The van der Waals surface area contributed by atoms with Crippen LogP contribution in [-0.4, -0.2) is 47.8 Å². The van der Waals surface area contributed by atoms with Gasteiger partial charge in [0.1, 0.15) is 0 Å². The van der Waals surface area contributed by atoms with Gasteiger partial charge in [0.15, 0.2) is 0 Å². The first-order valence-electron chi connectivity index (χ1n) is 6.69. The number of nitrogens with one attached hydrogen (secondary N) is 1. The molecule has 1 aliphatic rings. The molecular formula is C13H28N2O. The maximum absolute atomic E-state index is 9.60. The van der Waals surface area contributed by atoms with Gasteiger partial charge in [-0.1, -0.05) is 6.92 Å². The van der Waals surface area contributed by atoms with Gasteiger partial charge in [0, 0.05) is 18.1 Å². The van der Waals surface area contributed by atoms with Gasteiger partial charge in [-0.2, -0.15) is 0 Å². The van der Waals surface area contributed by atoms with Crippen molar-refractivity contribution in [1.29, 1.82) is 0 Å². The van der Waals surface area contributed by atoms with Gasteiger partial charge in [0.25, 0.3) is 0 Å². The maximum atomic E-state index is 9.60. The van der Waals surface area contributed by atoms with Crippen LogP contribution in [0.2, 0.25) is 0 Å². The van der Waals surface area contributed by atoms with Crippen LogP contribution in [0.4, 0.5) is 0 Å². The highest BCUT2D eigenvalue weighted by Crippen LogP contribution is 2.24. The molecule has 2 unspecified atom stereocenters. The van der Waals surface area contributed by atoms with Crippen LogP contribution in [0, 0.1) is 0 Å². The number of hydrogen-bond acceptors (Lipinski definition) is 3. The topological polar surface area (TPSA) is 35.5 Å². The van der Waals surface area contributed by atoms with Crippen molar-refractivity contribution in [3.05, 3.63) is 0 Å². The second kappa shape index (κ2) is 6.58. The molecule has 16 heavy (non-hydrogen) atoms. The van der Waals surface area contributed by atoms with Crippen LogP contribution in [0.15, 0.2) is 0 Å². The first-order chi connectivity index (χ1) is 7.56. The van der Waals surface area contributed by atoms with Crippen molar-refractivity contribution in [2.24, 2.45) is 0 Å². The lowest BCUT2D eigenvalue weighted by Gasteiger charge is -2.39. The molecule has 2 N–H and O–H groups in total. The monoisotopic (exact) mass is 228 g/mol. The first kappa shape index (κ1) is 13.9. The summed E-state index contributed by atoms with van der Waals surface area (Å²) in [6, 6.07) is 1.64. The predicted molar refractivity (Wildman–Crippen MR) is 68.6 cm³/mol. The Morgan fingerprint density at radius 2 is 1.81 bits per heavy atom. The fraction of sp³-hybridized carbons (Fsp3) is 1.00. The van der Waals surface area contributed by atoms with E-state index in [9.17, 15) is 5.11 Å². The molecule has 1 rings (SSSR count). The van der Waals surface area contributed by atoms with Crippen molar-refractivity contribution < 1.29 is 5.11 Å². The molecule has 3 heteroatoms. The van der Waals surface area contributed by atoms with E-state index in [1.807, 2.05) is 6.92 Å². The fourth-order valence-electron chi connectivity index (χ4n) is 2.65. The van der Waals surface area contributed by atoms with E-state index >= 15 is 0 Å². The van der Waals surface area contributed by atoms with Gasteiger partial charge in [-0.25, -0.2) is 0 Å². The molecular weight excluding hydrogens is 200 g/mol. The molecule has 0 amide bonds. The average Bonchev–Trinajstić information content (AvgIpc) is 2.28. The third-order valence-corrected chi connectivity index (χ3v) is 4.11. The lowest BCUT2D eigenvalue weighted by atomic mass is 9.89. The second-order valence-electron chi connectivity index (χ2n) is 5.21. The Labute approximate surface area is 100 Å². The molecule has 0 aromatic carbocycles. The summed E-state index contributed by atoms with van der Waals surface area (Å²) < 4.78 is 0. The summed E-state index contributed by atoms with van der Waals surface area (Å²) in [6.07, 6.45) is 4.82. The fourth-order valence-corrected chi connectivity index (χ4v) is 2.65. The number of aliphatic hydroxyl groups is 1. The van der Waals surface area contributed by atoms with E-state index in [4.69, 9.17) is 0 Å². The summed E-state index contributed by atoms with van der Waals surface area (Å²) in [5, 5.41) is 13.1. The molecule has 0 aliphatic heterocycles. The Balaban J connectivity index is 2.35. The van der Waals surface area contributed by atoms with Crippen LogP contribution in [-0.2, 0) is 0 Å². The van der Waals surface area contributed by atoms with Gasteiger partial charge in [0.2, 0.25) is 0 Å². The number of rotatable bonds is 5. The van der Waals surface area contributed by atoms with Crippen molar-refractivity contribution in [2.75, 3.05) is 13.6 Å². The lowest BCUT2D eigenvalue weighted by molar-refractivity contribution is 0.0468. The van der Waals surface area contributed by atoms with E-state index in [0.717, 1.165) is 12.6 Å². The second-order valence-corrected chi connectivity index (χ2v) is 5.21. The normalized spacial score (nSPS) is 30.4. The van der Waals surface area contributed by atoms with Gasteiger partial charge in [-0.3, -0.25) is 4.90 Å². The quantitative estimate of drug-likeness (QED) is 0.750. The number of likely N-dealkylation sites (N-methyl/N-ethyl adjacent to an activating group) is 1. The van der Waals surface area contributed by atoms with Crippen molar-refractivity contribution in [1.82, 2.24) is 10.2 Å². The van der Waals surface area contributed by atoms with Gasteiger partial charge in [-0.15, -0.1) is 0 Å². The van der Waals surface area contributed by atoms with E-state index in [-0.39, 0.29) is 12.1 Å². The van der Waals surface area contributed by atoms with Gasteiger partial charge >= 0.3 is 0 Å². The van der Waals surface area contributed by atoms with Gasteiger partial charge in [-0.05, 0) is 53.1 Å². The Morgan fingerprint density at radius 1 is 1.25 bits per heavy atom. The smallest absolute Gasteiger partial charge is 0.0664 e.